The molecule has 0 bridgehead atoms. The van der Waals surface area contributed by atoms with Crippen molar-refractivity contribution in [1.29, 1.82) is 5.26 Å². The van der Waals surface area contributed by atoms with E-state index in [1.54, 1.807) is 31.2 Å². The Morgan fingerprint density at radius 1 is 1.31 bits per heavy atom. The largest absolute Gasteiger partial charge is 0.474 e. The van der Waals surface area contributed by atoms with Gasteiger partial charge in [-0.1, -0.05) is 18.7 Å². The van der Waals surface area contributed by atoms with Gasteiger partial charge in [0.05, 0.1) is 11.6 Å². The summed E-state index contributed by atoms with van der Waals surface area (Å²) in [6.45, 7) is 5.71. The van der Waals surface area contributed by atoms with Crippen molar-refractivity contribution in [2.45, 2.75) is 31.1 Å². The molecule has 1 saturated carbocycles. The molecule has 3 aromatic rings. The number of hydrogen-bond donors (Lipinski definition) is 2. The van der Waals surface area contributed by atoms with Crippen molar-refractivity contribution in [1.82, 2.24) is 14.9 Å². The first-order chi connectivity index (χ1) is 17.0. The van der Waals surface area contributed by atoms with Gasteiger partial charge in [-0.15, -0.1) is 0 Å². The quantitative estimate of drug-likeness (QED) is 0.472. The number of allylic oxidation sites excluding steroid dienone is 1. The molecule has 4 rings (SSSR count). The van der Waals surface area contributed by atoms with E-state index in [0.717, 1.165) is 5.56 Å². The van der Waals surface area contributed by atoms with Crippen molar-refractivity contribution in [3.63, 3.8) is 0 Å². The fourth-order valence-corrected chi connectivity index (χ4v) is 4.78. The van der Waals surface area contributed by atoms with Gasteiger partial charge < -0.3 is 14.6 Å². The van der Waals surface area contributed by atoms with Crippen molar-refractivity contribution in [3.05, 3.63) is 75.7 Å². The van der Waals surface area contributed by atoms with Gasteiger partial charge in [-0.05, 0) is 49.1 Å². The zero-order chi connectivity index (χ0) is 26.3. The van der Waals surface area contributed by atoms with E-state index in [9.17, 15) is 18.0 Å². The first-order valence-corrected chi connectivity index (χ1v) is 12.6. The predicted molar refractivity (Wildman–Crippen MR) is 135 cm³/mol. The number of pyridine rings is 2. The number of fused-ring (bicyclic) bond motifs is 1. The topological polar surface area (TPSA) is 157 Å². The van der Waals surface area contributed by atoms with Crippen molar-refractivity contribution >= 4 is 32.4 Å². The molecule has 1 fully saturated rings. The van der Waals surface area contributed by atoms with Crippen LogP contribution in [-0.4, -0.2) is 35.2 Å². The number of ether oxygens (including phenoxy) is 1. The number of nitrogens with zero attached hydrogens (tertiary/aromatic N) is 3. The molecular weight excluding hydrogens is 482 g/mol. The van der Waals surface area contributed by atoms with Gasteiger partial charge in [0.2, 0.25) is 15.9 Å². The first kappa shape index (κ1) is 25.1. The summed E-state index contributed by atoms with van der Waals surface area (Å²) in [4.78, 5) is 30.4. The highest BCUT2D eigenvalue weighted by atomic mass is 32.2. The third-order valence-corrected chi connectivity index (χ3v) is 8.07. The summed E-state index contributed by atoms with van der Waals surface area (Å²) in [5, 5.41) is 17.5. The summed E-state index contributed by atoms with van der Waals surface area (Å²) < 4.78 is 29.8. The predicted octanol–water partition coefficient (Wildman–Crippen LogP) is 1.97. The minimum atomic E-state index is -3.81. The van der Waals surface area contributed by atoms with Crippen LogP contribution in [-0.2, 0) is 23.6 Å². The average Bonchev–Trinajstić information content (AvgIpc) is 3.64. The van der Waals surface area contributed by atoms with Gasteiger partial charge in [0.1, 0.15) is 22.4 Å². The molecule has 1 amide bonds. The Labute approximate surface area is 208 Å². The molecule has 2 heterocycles. The van der Waals surface area contributed by atoms with Gasteiger partial charge in [-0.3, -0.25) is 9.59 Å². The highest BCUT2D eigenvalue weighted by Crippen LogP contribution is 2.42. The Morgan fingerprint density at radius 3 is 2.53 bits per heavy atom. The summed E-state index contributed by atoms with van der Waals surface area (Å²) in [6, 6.07) is 10.2. The van der Waals surface area contributed by atoms with E-state index in [2.05, 4.69) is 16.9 Å². The molecule has 0 atom stereocenters. The van der Waals surface area contributed by atoms with Gasteiger partial charge in [-0.2, -0.15) is 5.26 Å². The molecule has 1 aliphatic rings. The van der Waals surface area contributed by atoms with E-state index in [0.29, 0.717) is 40.4 Å². The molecule has 186 valence electrons. The van der Waals surface area contributed by atoms with Crippen LogP contribution in [0.2, 0.25) is 0 Å². The number of nitriles is 1. The second-order valence-corrected chi connectivity index (χ2v) is 10.9. The number of nitrogens with two attached hydrogens (primary N) is 1. The summed E-state index contributed by atoms with van der Waals surface area (Å²) in [5.41, 5.74) is 2.20. The van der Waals surface area contributed by atoms with E-state index in [1.807, 2.05) is 6.07 Å². The Hall–Kier alpha value is -4.01. The van der Waals surface area contributed by atoms with Gasteiger partial charge in [0.25, 0.3) is 11.5 Å². The smallest absolute Gasteiger partial charge is 0.263 e. The number of rotatable bonds is 8. The maximum atomic E-state index is 13.2. The number of carbonyl (C=O) groups excluding carboxylic acids is 1. The second-order valence-electron chi connectivity index (χ2n) is 8.95. The van der Waals surface area contributed by atoms with E-state index < -0.39 is 26.2 Å². The molecule has 0 unspecified atom stereocenters. The Kier molecular flexibility index (Phi) is 6.43. The molecule has 0 spiro atoms. The highest BCUT2D eigenvalue weighted by Gasteiger charge is 2.54. The van der Waals surface area contributed by atoms with Crippen molar-refractivity contribution < 1.29 is 17.9 Å². The van der Waals surface area contributed by atoms with Crippen LogP contribution in [0.4, 0.5) is 0 Å². The monoisotopic (exact) mass is 507 g/mol. The van der Waals surface area contributed by atoms with E-state index in [1.165, 1.54) is 23.9 Å². The molecule has 10 nitrogen and oxygen atoms in total. The molecule has 36 heavy (non-hydrogen) atoms. The van der Waals surface area contributed by atoms with Crippen LogP contribution in [0.15, 0.2) is 47.9 Å². The molecule has 1 aliphatic carbocycles. The molecule has 11 heteroatoms. The molecule has 3 N–H and O–H groups in total. The summed E-state index contributed by atoms with van der Waals surface area (Å²) in [6.07, 6.45) is 2.28. The number of aromatic nitrogens is 2. The number of sulfonamides is 1. The molecule has 0 saturated heterocycles. The van der Waals surface area contributed by atoms with Crippen molar-refractivity contribution in [3.8, 4) is 11.9 Å². The first-order valence-electron chi connectivity index (χ1n) is 11.1. The Morgan fingerprint density at radius 2 is 1.97 bits per heavy atom. The fraction of sp³-hybridized carbons (Fsp3) is 0.280. The Bertz CT molecular complexity index is 1600. The third kappa shape index (κ3) is 4.60. The lowest BCUT2D eigenvalue weighted by atomic mass is 10.0. The highest BCUT2D eigenvalue weighted by molar-refractivity contribution is 7.90. The number of nitrogens with one attached hydrogen (secondary N) is 1. The fourth-order valence-electron chi connectivity index (χ4n) is 3.89. The summed E-state index contributed by atoms with van der Waals surface area (Å²) in [5.74, 6) is -0.506. The number of hydrogen-bond acceptors (Lipinski definition) is 7. The molecule has 2 aromatic heterocycles. The number of amides is 1. The van der Waals surface area contributed by atoms with Crippen LogP contribution >= 0.6 is 0 Å². The van der Waals surface area contributed by atoms with Gasteiger partial charge in [-0.25, -0.2) is 18.5 Å². The van der Waals surface area contributed by atoms with Crippen LogP contribution in [0.3, 0.4) is 0 Å². The van der Waals surface area contributed by atoms with Crippen LogP contribution in [0, 0.1) is 11.3 Å². The van der Waals surface area contributed by atoms with Gasteiger partial charge in [0, 0.05) is 30.7 Å². The molecule has 0 aliphatic heterocycles. The number of carbonyl (C=O) groups is 1. The number of aryl methyl sites for hydroxylation is 1. The maximum absolute atomic E-state index is 13.2. The lowest BCUT2D eigenvalue weighted by molar-refractivity contribution is 0.0949. The van der Waals surface area contributed by atoms with Gasteiger partial charge in [0.15, 0.2) is 0 Å². The zero-order valence-electron chi connectivity index (χ0n) is 19.9. The van der Waals surface area contributed by atoms with Gasteiger partial charge >= 0.3 is 0 Å². The van der Waals surface area contributed by atoms with E-state index in [4.69, 9.17) is 15.1 Å². The summed E-state index contributed by atoms with van der Waals surface area (Å²) in [7, 11) is -2.32. The van der Waals surface area contributed by atoms with Crippen molar-refractivity contribution in [2.75, 3.05) is 6.61 Å². The normalized spacial score (nSPS) is 14.2. The molecular formula is C25H25N5O5S. The van der Waals surface area contributed by atoms with Crippen molar-refractivity contribution in [2.24, 2.45) is 12.2 Å². The van der Waals surface area contributed by atoms with Crippen LogP contribution in [0.1, 0.15) is 46.8 Å². The number of primary sulfonamides is 1. The lowest BCUT2D eigenvalue weighted by Crippen LogP contribution is -2.36. The maximum Gasteiger partial charge on any atom is 0.263 e. The standard InChI is InChI=1S/C25H25N5O5S/c1-15(2)20-13-29-23(35-14-25(8-9-25)36(27,33)34)21-18(20)10-19(24(32)30(21)3)22(31)28-12-17-6-4-16(11-26)5-7-17/h4-7,10,13H,1,8-9,12,14H2,2-3H3,(H,28,31)(H2,27,33,34). The minimum Gasteiger partial charge on any atom is -0.474 e. The zero-order valence-corrected chi connectivity index (χ0v) is 20.7. The van der Waals surface area contributed by atoms with Crippen LogP contribution < -0.4 is 20.8 Å². The average molecular weight is 508 g/mol. The third-order valence-electron chi connectivity index (χ3n) is 6.34. The molecule has 1 aromatic carbocycles. The second kappa shape index (κ2) is 9.22. The Balaban J connectivity index is 1.70. The van der Waals surface area contributed by atoms with Crippen LogP contribution in [0.25, 0.3) is 16.5 Å². The minimum absolute atomic E-state index is 0.0639. The molecule has 0 radical (unpaired) electrons. The van der Waals surface area contributed by atoms with Crippen LogP contribution in [0.5, 0.6) is 5.88 Å². The SMILES string of the molecule is C=C(C)c1cnc(OCC2(S(N)(=O)=O)CC2)c2c1cc(C(=O)NCc1ccc(C#N)cc1)c(=O)n2C. The lowest BCUT2D eigenvalue weighted by Gasteiger charge is -2.18. The number of benzene rings is 1. The van der Waals surface area contributed by atoms with E-state index in [-0.39, 0.29) is 24.6 Å². The summed E-state index contributed by atoms with van der Waals surface area (Å²) >= 11 is 0. The van der Waals surface area contributed by atoms with E-state index >= 15 is 0 Å².